The Morgan fingerprint density at radius 3 is 2.86 bits per heavy atom. The van der Waals surface area contributed by atoms with Crippen molar-refractivity contribution in [3.05, 3.63) is 72.2 Å². The molecule has 1 aliphatic heterocycles. The van der Waals surface area contributed by atoms with E-state index in [4.69, 9.17) is 5.10 Å². The first-order valence-corrected chi connectivity index (χ1v) is 12.7. The molecule has 1 aliphatic rings. The molecule has 176 valence electrons. The molecule has 35 heavy (non-hydrogen) atoms. The first-order valence-electron chi connectivity index (χ1n) is 11.7. The molecule has 0 radical (unpaired) electrons. The van der Waals surface area contributed by atoms with E-state index in [-0.39, 0.29) is 11.9 Å². The number of aromatic amines is 1. The van der Waals surface area contributed by atoms with Crippen molar-refractivity contribution in [2.75, 3.05) is 12.3 Å². The summed E-state index contributed by atoms with van der Waals surface area (Å²) in [5.74, 6) is 1.37. The van der Waals surface area contributed by atoms with Crippen molar-refractivity contribution in [1.82, 2.24) is 34.7 Å². The van der Waals surface area contributed by atoms with Crippen molar-refractivity contribution in [2.24, 2.45) is 5.92 Å². The highest BCUT2D eigenvalue weighted by Gasteiger charge is 2.35. The Kier molecular flexibility index (Phi) is 5.49. The van der Waals surface area contributed by atoms with E-state index in [2.05, 4.69) is 52.2 Å². The third-order valence-electron chi connectivity index (χ3n) is 6.53. The fourth-order valence-electron chi connectivity index (χ4n) is 4.99. The predicted octanol–water partition coefficient (Wildman–Crippen LogP) is 4.54. The van der Waals surface area contributed by atoms with E-state index in [0.29, 0.717) is 23.1 Å². The second-order valence-electron chi connectivity index (χ2n) is 9.08. The van der Waals surface area contributed by atoms with E-state index in [1.165, 1.54) is 28.4 Å². The van der Waals surface area contributed by atoms with Gasteiger partial charge in [-0.3, -0.25) is 9.78 Å². The van der Waals surface area contributed by atoms with Gasteiger partial charge in [0.15, 0.2) is 11.5 Å². The van der Waals surface area contributed by atoms with Gasteiger partial charge >= 0.3 is 0 Å². The minimum absolute atomic E-state index is 0.0321. The largest absolute Gasteiger partial charge is 0.356 e. The maximum absolute atomic E-state index is 13.4. The maximum Gasteiger partial charge on any atom is 0.233 e. The number of carbonyl (C=O) groups excluding carboxylic acids is 1. The Morgan fingerprint density at radius 1 is 1.14 bits per heavy atom. The monoisotopic (exact) mass is 483 g/mol. The average molecular weight is 484 g/mol. The molecular weight excluding hydrogens is 458 g/mol. The first-order chi connectivity index (χ1) is 17.1. The fraction of sp³-hybridized carbons (Fsp3) is 0.269. The van der Waals surface area contributed by atoms with Crippen molar-refractivity contribution in [3.63, 3.8) is 0 Å². The maximum atomic E-state index is 13.4. The van der Waals surface area contributed by atoms with Crippen LogP contribution in [0, 0.1) is 5.92 Å². The predicted molar refractivity (Wildman–Crippen MR) is 136 cm³/mol. The minimum Gasteiger partial charge on any atom is -0.356 e. The molecule has 8 nitrogen and oxygen atoms in total. The Hall–Kier alpha value is -3.72. The normalized spacial score (nSPS) is 15.7. The summed E-state index contributed by atoms with van der Waals surface area (Å²) in [6.07, 6.45) is 4.32. The van der Waals surface area contributed by atoms with Gasteiger partial charge in [-0.2, -0.15) is 9.61 Å². The van der Waals surface area contributed by atoms with Crippen molar-refractivity contribution in [2.45, 2.75) is 31.3 Å². The number of fused-ring (bicyclic) bond motifs is 4. The fourth-order valence-corrected chi connectivity index (χ4v) is 5.73. The van der Waals surface area contributed by atoms with Crippen LogP contribution in [-0.2, 0) is 11.2 Å². The summed E-state index contributed by atoms with van der Waals surface area (Å²) in [7, 11) is 0. The van der Waals surface area contributed by atoms with E-state index in [0.717, 1.165) is 29.1 Å². The number of hydrogen-bond donors (Lipinski definition) is 1. The van der Waals surface area contributed by atoms with Crippen LogP contribution in [0.2, 0.25) is 0 Å². The zero-order valence-corrected chi connectivity index (χ0v) is 20.4. The molecule has 0 bridgehead atoms. The van der Waals surface area contributed by atoms with Crippen LogP contribution < -0.4 is 0 Å². The lowest BCUT2D eigenvalue weighted by molar-refractivity contribution is -0.132. The third kappa shape index (κ3) is 3.85. The van der Waals surface area contributed by atoms with E-state index in [1.807, 2.05) is 35.2 Å². The molecule has 0 saturated carbocycles. The Bertz CT molecular complexity index is 1530. The molecule has 1 N–H and O–H groups in total. The number of aromatic nitrogens is 6. The minimum atomic E-state index is 0.0321. The lowest BCUT2D eigenvalue weighted by Crippen LogP contribution is -2.43. The van der Waals surface area contributed by atoms with Crippen LogP contribution in [0.4, 0.5) is 0 Å². The lowest BCUT2D eigenvalue weighted by Gasteiger charge is -2.38. The molecule has 1 atom stereocenters. The van der Waals surface area contributed by atoms with Crippen molar-refractivity contribution >= 4 is 34.2 Å². The number of hydrogen-bond acceptors (Lipinski definition) is 6. The van der Waals surface area contributed by atoms with Gasteiger partial charge in [-0.1, -0.05) is 43.8 Å². The van der Waals surface area contributed by atoms with E-state index >= 15 is 0 Å². The molecular formula is C26H25N7OS. The lowest BCUT2D eigenvalue weighted by atomic mass is 9.90. The second kappa shape index (κ2) is 8.81. The highest BCUT2D eigenvalue weighted by Crippen LogP contribution is 2.38. The molecule has 4 aromatic heterocycles. The van der Waals surface area contributed by atoms with Crippen molar-refractivity contribution < 1.29 is 4.79 Å². The third-order valence-corrected chi connectivity index (χ3v) is 7.44. The quantitative estimate of drug-likeness (QED) is 0.369. The van der Waals surface area contributed by atoms with Crippen LogP contribution in [0.15, 0.2) is 66.0 Å². The van der Waals surface area contributed by atoms with Gasteiger partial charge in [-0.25, -0.2) is 0 Å². The molecule has 5 aromatic rings. The van der Waals surface area contributed by atoms with E-state index in [1.54, 1.807) is 16.9 Å². The molecule has 0 aliphatic carbocycles. The number of H-pyrrole nitrogens is 1. The first kappa shape index (κ1) is 21.8. The van der Waals surface area contributed by atoms with E-state index in [9.17, 15) is 4.79 Å². The molecule has 6 rings (SSSR count). The van der Waals surface area contributed by atoms with Gasteiger partial charge in [0.1, 0.15) is 5.03 Å². The summed E-state index contributed by atoms with van der Waals surface area (Å²) >= 11 is 1.44. The number of thioether (sulfide) groups is 1. The molecule has 0 spiro atoms. The molecule has 9 heteroatoms. The van der Waals surface area contributed by atoms with Gasteiger partial charge in [-0.05, 0) is 48.2 Å². The molecule has 0 saturated heterocycles. The van der Waals surface area contributed by atoms with Gasteiger partial charge in [0, 0.05) is 41.1 Å². The van der Waals surface area contributed by atoms with Crippen LogP contribution in [0.1, 0.15) is 31.1 Å². The molecule has 1 aromatic carbocycles. The summed E-state index contributed by atoms with van der Waals surface area (Å²) in [5.41, 5.74) is 5.16. The van der Waals surface area contributed by atoms with Crippen molar-refractivity contribution in [1.29, 1.82) is 0 Å². The zero-order valence-electron chi connectivity index (χ0n) is 19.5. The Morgan fingerprint density at radius 2 is 2.03 bits per heavy atom. The molecule has 0 fully saturated rings. The Labute approximate surface area is 206 Å². The summed E-state index contributed by atoms with van der Waals surface area (Å²) in [6, 6.07) is 16.0. The van der Waals surface area contributed by atoms with Crippen LogP contribution >= 0.6 is 11.8 Å². The van der Waals surface area contributed by atoms with Gasteiger partial charge in [0.05, 0.1) is 11.8 Å². The molecule has 1 unspecified atom stereocenters. The van der Waals surface area contributed by atoms with Crippen LogP contribution in [-0.4, -0.2) is 52.9 Å². The van der Waals surface area contributed by atoms with Gasteiger partial charge in [0.2, 0.25) is 5.91 Å². The SMILES string of the molecule is CC(C)C1c2[nH]c3ccccc3c2CCN1C(=O)CSc1ccc2nnc(-c3cccnc3)n2n1. The van der Waals surface area contributed by atoms with Gasteiger partial charge in [0.25, 0.3) is 0 Å². The number of amides is 1. The van der Waals surface area contributed by atoms with Crippen LogP contribution in [0.25, 0.3) is 27.9 Å². The molecule has 1 amide bonds. The number of pyridine rings is 1. The highest BCUT2D eigenvalue weighted by molar-refractivity contribution is 7.99. The number of rotatable bonds is 5. The number of nitrogens with one attached hydrogen (secondary N) is 1. The number of carbonyl (C=O) groups is 1. The van der Waals surface area contributed by atoms with Crippen LogP contribution in [0.3, 0.4) is 0 Å². The highest BCUT2D eigenvalue weighted by atomic mass is 32.2. The van der Waals surface area contributed by atoms with Gasteiger partial charge in [-0.15, -0.1) is 10.2 Å². The second-order valence-corrected chi connectivity index (χ2v) is 10.1. The van der Waals surface area contributed by atoms with Gasteiger partial charge < -0.3 is 9.88 Å². The summed E-state index contributed by atoms with van der Waals surface area (Å²) < 4.78 is 1.71. The Balaban J connectivity index is 1.23. The number of para-hydroxylation sites is 1. The topological polar surface area (TPSA) is 92.1 Å². The van der Waals surface area contributed by atoms with E-state index < -0.39 is 0 Å². The summed E-state index contributed by atoms with van der Waals surface area (Å²) in [4.78, 5) is 23.2. The number of benzene rings is 1. The summed E-state index contributed by atoms with van der Waals surface area (Å²) in [5, 5.41) is 15.2. The standard InChI is InChI=1S/C26H25N7OS/c1-16(2)25-24-19(18-7-3-4-8-20(18)28-24)11-13-32(25)23(34)15-35-22-10-9-21-29-30-26(33(21)31-22)17-6-5-12-27-14-17/h3-10,12,14,16,25,28H,11,13,15H2,1-2H3. The zero-order chi connectivity index (χ0) is 23.9. The summed E-state index contributed by atoms with van der Waals surface area (Å²) in [6.45, 7) is 5.08. The van der Waals surface area contributed by atoms with Crippen molar-refractivity contribution in [3.8, 4) is 11.4 Å². The smallest absolute Gasteiger partial charge is 0.233 e. The molecule has 5 heterocycles. The van der Waals surface area contributed by atoms with Crippen LogP contribution in [0.5, 0.6) is 0 Å². The average Bonchev–Trinajstić information content (AvgIpc) is 3.48. The number of nitrogens with zero attached hydrogens (tertiary/aromatic N) is 6.